The SMILES string of the molecule is O=C1C(=O)N(c2nc3ccccc3s2)C(c2ccccn2)/C1=C(/O)c1ccc(Cl)cc1. The lowest BCUT2D eigenvalue weighted by Gasteiger charge is -2.21. The van der Waals surface area contributed by atoms with Crippen LogP contribution in [0.2, 0.25) is 5.02 Å². The van der Waals surface area contributed by atoms with E-state index in [0.29, 0.717) is 21.4 Å². The Morgan fingerprint density at radius 2 is 1.74 bits per heavy atom. The van der Waals surface area contributed by atoms with Crippen molar-refractivity contribution in [2.75, 3.05) is 4.90 Å². The number of anilines is 1. The fourth-order valence-corrected chi connectivity index (χ4v) is 4.69. The lowest BCUT2D eigenvalue weighted by atomic mass is 9.98. The van der Waals surface area contributed by atoms with Crippen LogP contribution in [0.4, 0.5) is 5.13 Å². The van der Waals surface area contributed by atoms with Gasteiger partial charge in [-0.25, -0.2) is 4.98 Å². The molecule has 1 aliphatic rings. The third-order valence-electron chi connectivity index (χ3n) is 5.02. The first-order chi connectivity index (χ1) is 15.0. The van der Waals surface area contributed by atoms with Gasteiger partial charge in [-0.3, -0.25) is 19.5 Å². The summed E-state index contributed by atoms with van der Waals surface area (Å²) < 4.78 is 0.886. The van der Waals surface area contributed by atoms with Crippen molar-refractivity contribution < 1.29 is 14.7 Å². The number of Topliss-reactive ketones (excluding diaryl/α,β-unsaturated/α-hetero) is 1. The lowest BCUT2D eigenvalue weighted by molar-refractivity contribution is -0.132. The van der Waals surface area contributed by atoms with E-state index < -0.39 is 17.7 Å². The molecule has 3 heterocycles. The second kappa shape index (κ2) is 7.61. The van der Waals surface area contributed by atoms with Gasteiger partial charge in [-0.1, -0.05) is 41.1 Å². The smallest absolute Gasteiger partial charge is 0.301 e. The van der Waals surface area contributed by atoms with Crippen LogP contribution < -0.4 is 4.90 Å². The number of thiazole rings is 1. The van der Waals surface area contributed by atoms with Crippen molar-refractivity contribution in [3.63, 3.8) is 0 Å². The van der Waals surface area contributed by atoms with E-state index in [-0.39, 0.29) is 11.3 Å². The molecule has 0 radical (unpaired) electrons. The van der Waals surface area contributed by atoms with Gasteiger partial charge in [-0.2, -0.15) is 0 Å². The van der Waals surface area contributed by atoms with E-state index >= 15 is 0 Å². The van der Waals surface area contributed by atoms with Crippen LogP contribution in [0.25, 0.3) is 16.0 Å². The lowest BCUT2D eigenvalue weighted by Crippen LogP contribution is -2.29. The van der Waals surface area contributed by atoms with Crippen LogP contribution in [0.5, 0.6) is 0 Å². The van der Waals surface area contributed by atoms with E-state index in [2.05, 4.69) is 9.97 Å². The van der Waals surface area contributed by atoms with Crippen LogP contribution in [-0.4, -0.2) is 26.8 Å². The zero-order valence-corrected chi connectivity index (χ0v) is 17.5. The minimum Gasteiger partial charge on any atom is -0.507 e. The molecule has 8 heteroatoms. The third kappa shape index (κ3) is 3.28. The predicted molar refractivity (Wildman–Crippen MR) is 120 cm³/mol. The van der Waals surface area contributed by atoms with Gasteiger partial charge in [-0.05, 0) is 48.5 Å². The maximum atomic E-state index is 13.1. The number of fused-ring (bicyclic) bond motifs is 1. The highest BCUT2D eigenvalue weighted by Gasteiger charge is 2.48. The van der Waals surface area contributed by atoms with Gasteiger partial charge in [-0.15, -0.1) is 0 Å². The largest absolute Gasteiger partial charge is 0.507 e. The van der Waals surface area contributed by atoms with Crippen LogP contribution in [-0.2, 0) is 9.59 Å². The summed E-state index contributed by atoms with van der Waals surface area (Å²) in [7, 11) is 0. The molecule has 4 aromatic rings. The Morgan fingerprint density at radius 3 is 2.45 bits per heavy atom. The van der Waals surface area contributed by atoms with Crippen LogP contribution in [0.1, 0.15) is 17.3 Å². The van der Waals surface area contributed by atoms with E-state index in [4.69, 9.17) is 11.6 Å². The molecule has 1 unspecified atom stereocenters. The molecule has 0 saturated carbocycles. The molecule has 5 rings (SSSR count). The van der Waals surface area contributed by atoms with Gasteiger partial charge in [0.25, 0.3) is 5.78 Å². The van der Waals surface area contributed by atoms with Gasteiger partial charge < -0.3 is 5.11 Å². The van der Waals surface area contributed by atoms with Gasteiger partial charge in [0.1, 0.15) is 11.8 Å². The normalized spacial score (nSPS) is 18.1. The number of rotatable bonds is 3. The van der Waals surface area contributed by atoms with E-state index in [9.17, 15) is 14.7 Å². The van der Waals surface area contributed by atoms with Crippen molar-refractivity contribution in [3.8, 4) is 0 Å². The number of aromatic nitrogens is 2. The minimum atomic E-state index is -0.905. The van der Waals surface area contributed by atoms with Crippen LogP contribution >= 0.6 is 22.9 Å². The quantitative estimate of drug-likeness (QED) is 0.272. The van der Waals surface area contributed by atoms with Crippen LogP contribution in [0, 0.1) is 0 Å². The highest BCUT2D eigenvalue weighted by molar-refractivity contribution is 7.22. The molecule has 31 heavy (non-hydrogen) atoms. The fraction of sp³-hybridized carbons (Fsp3) is 0.0435. The molecule has 0 spiro atoms. The second-order valence-electron chi connectivity index (χ2n) is 6.89. The summed E-state index contributed by atoms with van der Waals surface area (Å²) in [5.74, 6) is -1.83. The molecule has 1 fully saturated rings. The number of carbonyl (C=O) groups is 2. The minimum absolute atomic E-state index is 0.0368. The average Bonchev–Trinajstić information content (AvgIpc) is 3.33. The first kappa shape index (κ1) is 19.4. The number of hydrogen-bond donors (Lipinski definition) is 1. The number of pyridine rings is 1. The Morgan fingerprint density at radius 1 is 1.00 bits per heavy atom. The summed E-state index contributed by atoms with van der Waals surface area (Å²) in [5, 5.41) is 11.9. The number of benzene rings is 2. The van der Waals surface area contributed by atoms with Gasteiger partial charge in [0.05, 0.1) is 21.5 Å². The first-order valence-electron chi connectivity index (χ1n) is 9.38. The van der Waals surface area contributed by atoms with Gasteiger partial charge >= 0.3 is 5.91 Å². The van der Waals surface area contributed by atoms with Crippen molar-refractivity contribution in [3.05, 3.63) is 94.8 Å². The summed E-state index contributed by atoms with van der Waals surface area (Å²) in [5.41, 5.74) is 1.52. The molecule has 1 amide bonds. The Labute approximate surface area is 186 Å². The van der Waals surface area contributed by atoms with Crippen molar-refractivity contribution in [2.24, 2.45) is 0 Å². The molecule has 2 aromatic carbocycles. The highest BCUT2D eigenvalue weighted by Crippen LogP contribution is 2.43. The summed E-state index contributed by atoms with van der Waals surface area (Å²) in [6.07, 6.45) is 1.58. The molecular weight excluding hydrogens is 434 g/mol. The fourth-order valence-electron chi connectivity index (χ4n) is 3.57. The number of halogens is 1. The third-order valence-corrected chi connectivity index (χ3v) is 6.31. The summed E-state index contributed by atoms with van der Waals surface area (Å²) >= 11 is 7.25. The maximum absolute atomic E-state index is 13.1. The molecule has 0 bridgehead atoms. The van der Waals surface area contributed by atoms with Crippen molar-refractivity contribution in [1.29, 1.82) is 0 Å². The van der Waals surface area contributed by atoms with E-state index in [1.54, 1.807) is 48.7 Å². The van der Waals surface area contributed by atoms with Crippen molar-refractivity contribution in [2.45, 2.75) is 6.04 Å². The summed E-state index contributed by atoms with van der Waals surface area (Å²) in [6.45, 7) is 0. The molecule has 152 valence electrons. The zero-order chi connectivity index (χ0) is 21.5. The number of hydrogen-bond acceptors (Lipinski definition) is 6. The molecule has 1 atom stereocenters. The number of aliphatic hydroxyl groups is 1. The number of aliphatic hydroxyl groups excluding tert-OH is 1. The molecule has 0 aliphatic carbocycles. The van der Waals surface area contributed by atoms with E-state index in [1.165, 1.54) is 16.2 Å². The molecule has 6 nitrogen and oxygen atoms in total. The van der Waals surface area contributed by atoms with Crippen molar-refractivity contribution in [1.82, 2.24) is 9.97 Å². The predicted octanol–water partition coefficient (Wildman–Crippen LogP) is 4.97. The Kier molecular flexibility index (Phi) is 4.77. The van der Waals surface area contributed by atoms with E-state index in [0.717, 1.165) is 10.2 Å². The highest BCUT2D eigenvalue weighted by atomic mass is 35.5. The van der Waals surface area contributed by atoms with Gasteiger partial charge in [0.2, 0.25) is 0 Å². The second-order valence-corrected chi connectivity index (χ2v) is 8.34. The number of amides is 1. The standard InChI is InChI=1S/C23H14ClN3O3S/c24-14-10-8-13(9-11-14)20(28)18-19(16-6-3-4-12-25-16)27(22(30)21(18)29)23-26-15-5-1-2-7-17(15)31-23/h1-12,19,28H/b20-18-. The van der Waals surface area contributed by atoms with Crippen molar-refractivity contribution >= 4 is 55.7 Å². The number of nitrogens with zero attached hydrogens (tertiary/aromatic N) is 3. The molecule has 2 aromatic heterocycles. The van der Waals surface area contributed by atoms with Crippen LogP contribution in [0.15, 0.2) is 78.5 Å². The monoisotopic (exact) mass is 447 g/mol. The van der Waals surface area contributed by atoms with Crippen LogP contribution in [0.3, 0.4) is 0 Å². The Hall–Kier alpha value is -3.55. The Balaban J connectivity index is 1.73. The summed E-state index contributed by atoms with van der Waals surface area (Å²) in [6, 6.07) is 18.2. The summed E-state index contributed by atoms with van der Waals surface area (Å²) in [4.78, 5) is 36.4. The van der Waals surface area contributed by atoms with Gasteiger partial charge in [0.15, 0.2) is 5.13 Å². The number of carbonyl (C=O) groups excluding carboxylic acids is 2. The molecule has 1 saturated heterocycles. The maximum Gasteiger partial charge on any atom is 0.301 e. The molecule has 1 aliphatic heterocycles. The zero-order valence-electron chi connectivity index (χ0n) is 15.9. The first-order valence-corrected chi connectivity index (χ1v) is 10.6. The average molecular weight is 448 g/mol. The number of para-hydroxylation sites is 1. The molecular formula is C23H14ClN3O3S. The van der Waals surface area contributed by atoms with E-state index in [1.807, 2.05) is 24.3 Å². The number of ketones is 1. The molecule has 1 N–H and O–H groups in total. The Bertz CT molecular complexity index is 1320. The topological polar surface area (TPSA) is 83.4 Å². The van der Waals surface area contributed by atoms with Gasteiger partial charge in [0, 0.05) is 16.8 Å².